The molecule has 0 aliphatic rings. The lowest BCUT2D eigenvalue weighted by Gasteiger charge is -2.08. The number of carbonyl (C=O) groups excluding carboxylic acids is 2. The van der Waals surface area contributed by atoms with Crippen LogP contribution >= 0.6 is 0 Å². The lowest BCUT2D eigenvalue weighted by atomic mass is 10.0. The van der Waals surface area contributed by atoms with Crippen LogP contribution in [0.15, 0.2) is 12.7 Å². The van der Waals surface area contributed by atoms with Crippen molar-refractivity contribution < 1.29 is 19.4 Å². The van der Waals surface area contributed by atoms with Crippen molar-refractivity contribution in [3.63, 3.8) is 0 Å². The number of rotatable bonds is 11. The molecule has 0 N–H and O–H groups in total. The van der Waals surface area contributed by atoms with Gasteiger partial charge in [-0.05, 0) is 6.42 Å². The number of hydrogen-bond donors (Lipinski definition) is 0. The Morgan fingerprint density at radius 3 is 2.10 bits per heavy atom. The van der Waals surface area contributed by atoms with Gasteiger partial charge in [-0.2, -0.15) is 0 Å². The molecule has 0 aromatic rings. The van der Waals surface area contributed by atoms with Crippen molar-refractivity contribution in [1.29, 1.82) is 0 Å². The van der Waals surface area contributed by atoms with E-state index >= 15 is 0 Å². The molecule has 0 saturated heterocycles. The Labute approximate surface area is 122 Å². The highest BCUT2D eigenvalue weighted by molar-refractivity contribution is 5.81. The van der Waals surface area contributed by atoms with Crippen LogP contribution in [0, 0.1) is 5.92 Å². The fourth-order valence-corrected chi connectivity index (χ4v) is 1.90. The zero-order chi connectivity index (χ0) is 15.2. The molecule has 0 fully saturated rings. The Morgan fingerprint density at radius 1 is 1.00 bits per heavy atom. The predicted molar refractivity (Wildman–Crippen MR) is 78.8 cm³/mol. The number of carbonyl (C=O) groups is 2. The van der Waals surface area contributed by atoms with Crippen LogP contribution in [0.3, 0.4) is 0 Å². The first-order chi connectivity index (χ1) is 9.61. The molecule has 0 saturated carbocycles. The summed E-state index contributed by atoms with van der Waals surface area (Å²) in [6.07, 6.45) is 11.6. The van der Waals surface area contributed by atoms with E-state index in [1.54, 1.807) is 6.92 Å². The summed E-state index contributed by atoms with van der Waals surface area (Å²) >= 11 is 0. The summed E-state index contributed by atoms with van der Waals surface area (Å²) in [4.78, 5) is 30.9. The van der Waals surface area contributed by atoms with Crippen LogP contribution in [0.25, 0.3) is 0 Å². The summed E-state index contributed by atoms with van der Waals surface area (Å²) in [5.74, 6) is -1.49. The zero-order valence-corrected chi connectivity index (χ0v) is 12.9. The van der Waals surface area contributed by atoms with Crippen LogP contribution in [0.2, 0.25) is 0 Å². The van der Waals surface area contributed by atoms with Crippen LogP contribution in [0.5, 0.6) is 0 Å². The van der Waals surface area contributed by atoms with Gasteiger partial charge >= 0.3 is 11.9 Å². The lowest BCUT2D eigenvalue weighted by Crippen LogP contribution is -2.16. The molecule has 116 valence electrons. The Hall–Kier alpha value is -1.32. The van der Waals surface area contributed by atoms with E-state index in [4.69, 9.17) is 0 Å². The molecule has 0 spiro atoms. The Kier molecular flexibility index (Phi) is 11.9. The largest absolute Gasteiger partial charge is 0.378 e. The van der Waals surface area contributed by atoms with Crippen LogP contribution in [-0.4, -0.2) is 11.9 Å². The molecule has 4 heteroatoms. The topological polar surface area (TPSA) is 52.6 Å². The highest BCUT2D eigenvalue weighted by Gasteiger charge is 2.16. The van der Waals surface area contributed by atoms with E-state index in [-0.39, 0.29) is 5.92 Å². The second kappa shape index (κ2) is 12.7. The van der Waals surface area contributed by atoms with Gasteiger partial charge in [0.15, 0.2) is 0 Å². The maximum absolute atomic E-state index is 11.5. The van der Waals surface area contributed by atoms with Gasteiger partial charge < -0.3 is 0 Å². The normalized spacial score (nSPS) is 11.7. The van der Waals surface area contributed by atoms with E-state index in [1.807, 2.05) is 0 Å². The second-order valence-electron chi connectivity index (χ2n) is 5.17. The van der Waals surface area contributed by atoms with Crippen molar-refractivity contribution in [2.45, 2.75) is 71.6 Å². The molecular formula is C16H28O4. The highest BCUT2D eigenvalue weighted by atomic mass is 17.2. The van der Waals surface area contributed by atoms with E-state index in [0.717, 1.165) is 25.3 Å². The van der Waals surface area contributed by atoms with Gasteiger partial charge in [-0.3, -0.25) is 0 Å². The van der Waals surface area contributed by atoms with Crippen LogP contribution in [-0.2, 0) is 19.4 Å². The smallest absolute Gasteiger partial charge is 0.247 e. The standard InChI is InChI=1S/C16H28O4/c1-4-6-7-8-9-10-11-12-13-14(3)16(18)20-19-15(17)5-2/h5,14H,2,4,6-13H2,1,3H3. The summed E-state index contributed by atoms with van der Waals surface area (Å²) in [6, 6.07) is 0. The van der Waals surface area contributed by atoms with E-state index in [0.29, 0.717) is 0 Å². The Morgan fingerprint density at radius 2 is 1.55 bits per heavy atom. The monoisotopic (exact) mass is 284 g/mol. The maximum atomic E-state index is 11.5. The van der Waals surface area contributed by atoms with Crippen molar-refractivity contribution in [2.24, 2.45) is 5.92 Å². The van der Waals surface area contributed by atoms with Crippen molar-refractivity contribution in [3.8, 4) is 0 Å². The van der Waals surface area contributed by atoms with Crippen LogP contribution < -0.4 is 0 Å². The molecule has 1 unspecified atom stereocenters. The second-order valence-corrected chi connectivity index (χ2v) is 5.17. The molecule has 0 aliphatic carbocycles. The van der Waals surface area contributed by atoms with Crippen LogP contribution in [0.1, 0.15) is 71.6 Å². The first kappa shape index (κ1) is 18.7. The summed E-state index contributed by atoms with van der Waals surface area (Å²) in [5, 5.41) is 0. The molecule has 0 heterocycles. The average molecular weight is 284 g/mol. The summed E-state index contributed by atoms with van der Waals surface area (Å²) in [5.41, 5.74) is 0. The van der Waals surface area contributed by atoms with Crippen molar-refractivity contribution in [3.05, 3.63) is 12.7 Å². The minimum absolute atomic E-state index is 0.243. The minimum Gasteiger partial charge on any atom is -0.247 e. The third kappa shape index (κ3) is 10.6. The average Bonchev–Trinajstić information content (AvgIpc) is 2.46. The van der Waals surface area contributed by atoms with Gasteiger partial charge in [-0.25, -0.2) is 19.4 Å². The molecule has 4 nitrogen and oxygen atoms in total. The fourth-order valence-electron chi connectivity index (χ4n) is 1.90. The zero-order valence-electron chi connectivity index (χ0n) is 12.9. The van der Waals surface area contributed by atoms with Crippen molar-refractivity contribution >= 4 is 11.9 Å². The summed E-state index contributed by atoms with van der Waals surface area (Å²) in [7, 11) is 0. The molecule has 0 rings (SSSR count). The van der Waals surface area contributed by atoms with E-state index in [2.05, 4.69) is 23.3 Å². The van der Waals surface area contributed by atoms with Gasteiger partial charge in [0.05, 0.1) is 5.92 Å². The van der Waals surface area contributed by atoms with Gasteiger partial charge in [0.25, 0.3) is 0 Å². The molecule has 0 bridgehead atoms. The molecular weight excluding hydrogens is 256 g/mol. The van der Waals surface area contributed by atoms with Crippen LogP contribution in [0.4, 0.5) is 0 Å². The molecule has 0 aliphatic heterocycles. The first-order valence-electron chi connectivity index (χ1n) is 7.66. The number of hydrogen-bond acceptors (Lipinski definition) is 4. The SMILES string of the molecule is C=CC(=O)OOC(=O)C(C)CCCCCCCCCC. The predicted octanol–water partition coefficient (Wildman–Crippen LogP) is 4.34. The molecule has 0 amide bonds. The summed E-state index contributed by atoms with van der Waals surface area (Å²) in [6.45, 7) is 7.21. The lowest BCUT2D eigenvalue weighted by molar-refractivity contribution is -0.258. The molecule has 0 aromatic carbocycles. The molecule has 1 atom stereocenters. The number of unbranched alkanes of at least 4 members (excludes halogenated alkanes) is 7. The van der Waals surface area contributed by atoms with E-state index < -0.39 is 11.9 Å². The van der Waals surface area contributed by atoms with Gasteiger partial charge in [-0.1, -0.05) is 71.8 Å². The van der Waals surface area contributed by atoms with Gasteiger partial charge in [0.2, 0.25) is 0 Å². The third-order valence-electron chi connectivity index (χ3n) is 3.27. The Bertz CT molecular complexity index is 286. The highest BCUT2D eigenvalue weighted by Crippen LogP contribution is 2.14. The first-order valence-corrected chi connectivity index (χ1v) is 7.66. The van der Waals surface area contributed by atoms with Gasteiger partial charge in [-0.15, -0.1) is 0 Å². The quantitative estimate of drug-likeness (QED) is 0.245. The molecule has 20 heavy (non-hydrogen) atoms. The fraction of sp³-hybridized carbons (Fsp3) is 0.750. The van der Waals surface area contributed by atoms with Crippen molar-refractivity contribution in [2.75, 3.05) is 0 Å². The Balaban J connectivity index is 3.47. The minimum atomic E-state index is -0.752. The summed E-state index contributed by atoms with van der Waals surface area (Å²) < 4.78 is 0. The van der Waals surface area contributed by atoms with E-state index in [1.165, 1.54) is 38.5 Å². The van der Waals surface area contributed by atoms with E-state index in [9.17, 15) is 9.59 Å². The van der Waals surface area contributed by atoms with Crippen molar-refractivity contribution in [1.82, 2.24) is 0 Å². The molecule has 0 aromatic heterocycles. The molecule has 0 radical (unpaired) electrons. The van der Waals surface area contributed by atoms with Gasteiger partial charge in [0.1, 0.15) is 0 Å². The maximum Gasteiger partial charge on any atom is 0.378 e. The van der Waals surface area contributed by atoms with Gasteiger partial charge in [0, 0.05) is 6.08 Å². The third-order valence-corrected chi connectivity index (χ3v) is 3.27.